The molecular weight excluding hydrogens is 559 g/mol. The smallest absolute Gasteiger partial charge is 0.406 e. The fourth-order valence-electron chi connectivity index (χ4n) is 4.46. The van der Waals surface area contributed by atoms with E-state index in [1.54, 1.807) is 30.5 Å². The van der Waals surface area contributed by atoms with Crippen LogP contribution in [0.3, 0.4) is 0 Å². The number of benzene rings is 1. The lowest BCUT2D eigenvalue weighted by atomic mass is 9.97. The molecule has 1 fully saturated rings. The third-order valence-electron chi connectivity index (χ3n) is 6.31. The van der Waals surface area contributed by atoms with Crippen LogP contribution >= 0.6 is 11.3 Å². The van der Waals surface area contributed by atoms with E-state index in [0.29, 0.717) is 22.2 Å². The van der Waals surface area contributed by atoms with Gasteiger partial charge in [-0.1, -0.05) is 29.5 Å². The maximum atomic E-state index is 12.5. The minimum Gasteiger partial charge on any atom is -0.406 e. The zero-order chi connectivity index (χ0) is 28.8. The van der Waals surface area contributed by atoms with Crippen molar-refractivity contribution < 1.29 is 27.5 Å². The van der Waals surface area contributed by atoms with Crippen LogP contribution in [-0.4, -0.2) is 63.0 Å². The number of halogens is 3. The molecule has 4 heterocycles. The van der Waals surface area contributed by atoms with Crippen molar-refractivity contribution in [2.24, 2.45) is 0 Å². The number of amidine groups is 2. The molecule has 5 rings (SSSR count). The zero-order valence-corrected chi connectivity index (χ0v) is 22.4. The molecule has 10 nitrogen and oxygen atoms in total. The molecule has 2 aliphatic heterocycles. The Labute approximate surface area is 236 Å². The summed E-state index contributed by atoms with van der Waals surface area (Å²) in [6.07, 6.45) is 2.01. The Bertz CT molecular complexity index is 1510. The Hall–Kier alpha value is -4.55. The van der Waals surface area contributed by atoms with E-state index in [1.165, 1.54) is 29.5 Å². The van der Waals surface area contributed by atoms with E-state index >= 15 is 0 Å². The van der Waals surface area contributed by atoms with Crippen molar-refractivity contribution >= 4 is 40.0 Å². The van der Waals surface area contributed by atoms with Gasteiger partial charge in [-0.2, -0.15) is 0 Å². The van der Waals surface area contributed by atoms with E-state index in [1.807, 2.05) is 12.1 Å². The van der Waals surface area contributed by atoms with Gasteiger partial charge in [0.15, 0.2) is 0 Å². The summed E-state index contributed by atoms with van der Waals surface area (Å²) in [5.41, 5.74) is 1.06. The number of aromatic nitrogens is 3. The van der Waals surface area contributed by atoms with Crippen LogP contribution in [-0.2, 0) is 22.4 Å². The van der Waals surface area contributed by atoms with Gasteiger partial charge in [0.1, 0.15) is 10.8 Å². The number of carbonyl (C=O) groups excluding carboxylic acids is 2. The predicted molar refractivity (Wildman–Crippen MR) is 146 cm³/mol. The molecule has 0 aliphatic carbocycles. The number of piperidine rings is 1. The van der Waals surface area contributed by atoms with Crippen molar-refractivity contribution in [3.63, 3.8) is 0 Å². The number of alkyl halides is 3. The molecule has 3 aromatic rings. The third-order valence-corrected chi connectivity index (χ3v) is 7.31. The van der Waals surface area contributed by atoms with E-state index < -0.39 is 12.3 Å². The van der Waals surface area contributed by atoms with E-state index in [0.717, 1.165) is 36.8 Å². The lowest BCUT2D eigenvalue weighted by Crippen LogP contribution is -2.38. The van der Waals surface area contributed by atoms with E-state index in [-0.39, 0.29) is 30.4 Å². The number of rotatable bonds is 7. The van der Waals surface area contributed by atoms with Gasteiger partial charge in [0.2, 0.25) is 11.0 Å². The van der Waals surface area contributed by atoms with Gasteiger partial charge in [0.05, 0.1) is 25.9 Å². The van der Waals surface area contributed by atoms with Gasteiger partial charge >= 0.3 is 18.0 Å². The fraction of sp³-hybridized carbons (Fsp3) is 0.296. The molecule has 2 amide bonds. The van der Waals surface area contributed by atoms with Crippen molar-refractivity contribution in [3.05, 3.63) is 77.1 Å². The van der Waals surface area contributed by atoms with Crippen LogP contribution in [0.1, 0.15) is 35.0 Å². The van der Waals surface area contributed by atoms with Gasteiger partial charge < -0.3 is 10.1 Å². The summed E-state index contributed by atoms with van der Waals surface area (Å²) in [4.78, 5) is 31.0. The molecule has 14 heteroatoms. The number of likely N-dealkylation sites (tertiary alicyclic amines) is 1. The monoisotopic (exact) mass is 584 g/mol. The van der Waals surface area contributed by atoms with Gasteiger partial charge in [-0.15, -0.1) is 23.4 Å². The van der Waals surface area contributed by atoms with Gasteiger partial charge in [-0.3, -0.25) is 19.5 Å². The van der Waals surface area contributed by atoms with Gasteiger partial charge in [0, 0.05) is 30.0 Å². The molecule has 2 aliphatic rings. The third kappa shape index (κ3) is 7.99. The van der Waals surface area contributed by atoms with Crippen LogP contribution in [0.4, 0.5) is 18.3 Å². The first-order valence-electron chi connectivity index (χ1n) is 12.8. The predicted octanol–water partition coefficient (Wildman–Crippen LogP) is 2.99. The molecule has 41 heavy (non-hydrogen) atoms. The van der Waals surface area contributed by atoms with Crippen LogP contribution in [0.5, 0.6) is 5.75 Å². The molecule has 1 aromatic carbocycles. The summed E-state index contributed by atoms with van der Waals surface area (Å²) < 4.78 is 45.8. The van der Waals surface area contributed by atoms with Crippen molar-refractivity contribution in [3.8, 4) is 5.75 Å². The van der Waals surface area contributed by atoms with E-state index in [9.17, 15) is 22.8 Å². The molecule has 1 saturated heterocycles. The Balaban J connectivity index is 1.10. The number of nitrogens with one attached hydrogen (secondary N) is 2. The molecule has 2 aromatic heterocycles. The molecule has 2 N–H and O–H groups in total. The SMILES string of the molecule is O=C(Cc1cccc(OC(F)(F)F)c1)NC1=[N+]=C(N2CCC(c3nnc(NC(=O)Cc4ccccn4)s3)CC2)C=C1. The largest absolute Gasteiger partial charge is 0.573 e. The zero-order valence-electron chi connectivity index (χ0n) is 21.6. The number of hydrogen-bond donors (Lipinski definition) is 2. The average molecular weight is 585 g/mol. The lowest BCUT2D eigenvalue weighted by molar-refractivity contribution is -0.274. The second-order valence-corrected chi connectivity index (χ2v) is 10.4. The van der Waals surface area contributed by atoms with Crippen molar-refractivity contribution in [2.75, 3.05) is 18.4 Å². The highest BCUT2D eigenvalue weighted by Gasteiger charge is 2.32. The minimum atomic E-state index is -4.80. The number of carbonyl (C=O) groups is 2. The summed E-state index contributed by atoms with van der Waals surface area (Å²) in [5, 5.41) is 15.2. The maximum Gasteiger partial charge on any atom is 0.573 e. The van der Waals surface area contributed by atoms with Crippen LogP contribution in [0.2, 0.25) is 0 Å². The first-order valence-corrected chi connectivity index (χ1v) is 13.6. The van der Waals surface area contributed by atoms with Crippen molar-refractivity contribution in [2.45, 2.75) is 38.0 Å². The van der Waals surface area contributed by atoms with Gasteiger partial charge in [-0.25, -0.2) is 9.98 Å². The van der Waals surface area contributed by atoms with Crippen LogP contribution < -0.4 is 20.0 Å². The first kappa shape index (κ1) is 28.0. The van der Waals surface area contributed by atoms with Crippen molar-refractivity contribution in [1.82, 2.24) is 30.1 Å². The first-order chi connectivity index (χ1) is 19.7. The highest BCUT2D eigenvalue weighted by atomic mass is 32.1. The number of ether oxygens (including phenoxy) is 1. The molecule has 0 radical (unpaired) electrons. The van der Waals surface area contributed by atoms with Gasteiger partial charge in [-0.05, 0) is 42.7 Å². The molecule has 0 atom stereocenters. The Kier molecular flexibility index (Phi) is 8.41. The standard InChI is InChI=1S/C27H24F3N7O3S/c28-27(29,30)40-20-6-3-4-17(14-20)15-23(38)33-21-7-8-22(32-21)37-12-9-18(10-13-37)25-35-36-26(41-25)34-24(39)16-19-5-1-2-11-31-19/h1-8,11,14,18H,9-10,12-13,15-16H2,(H,34,36,39)/p+1. The molecule has 0 saturated carbocycles. The van der Waals surface area contributed by atoms with E-state index in [2.05, 4.69) is 40.1 Å². The highest BCUT2D eigenvalue weighted by Crippen LogP contribution is 2.32. The number of hydrogen-bond acceptors (Lipinski definition) is 8. The van der Waals surface area contributed by atoms with Crippen LogP contribution in [0.15, 0.2) is 60.8 Å². The van der Waals surface area contributed by atoms with E-state index in [4.69, 9.17) is 0 Å². The normalized spacial score (nSPS) is 15.3. The molecule has 0 spiro atoms. The summed E-state index contributed by atoms with van der Waals surface area (Å²) in [6, 6.07) is 10.7. The number of amides is 2. The molecular formula is C27H25F3N7O3S+. The second-order valence-electron chi connectivity index (χ2n) is 9.36. The summed E-state index contributed by atoms with van der Waals surface area (Å²) >= 11 is 1.37. The lowest BCUT2D eigenvalue weighted by Gasteiger charge is -2.26. The maximum absolute atomic E-state index is 12.5. The number of anilines is 1. The Morgan fingerprint density at radius 1 is 1.02 bits per heavy atom. The highest BCUT2D eigenvalue weighted by molar-refractivity contribution is 7.15. The van der Waals surface area contributed by atoms with Gasteiger partial charge in [0.25, 0.3) is 5.91 Å². The summed E-state index contributed by atoms with van der Waals surface area (Å²) in [6.45, 7) is 1.45. The van der Waals surface area contributed by atoms with Crippen LogP contribution in [0.25, 0.3) is 0 Å². The minimum absolute atomic E-state index is 0.129. The average Bonchev–Trinajstić information content (AvgIpc) is 3.58. The summed E-state index contributed by atoms with van der Waals surface area (Å²) in [7, 11) is 0. The Morgan fingerprint density at radius 2 is 1.83 bits per heavy atom. The Morgan fingerprint density at radius 3 is 2.59 bits per heavy atom. The second kappa shape index (κ2) is 12.3. The van der Waals surface area contributed by atoms with Crippen molar-refractivity contribution in [1.29, 1.82) is 0 Å². The fourth-order valence-corrected chi connectivity index (χ4v) is 5.39. The molecule has 0 unspecified atom stereocenters. The summed E-state index contributed by atoms with van der Waals surface area (Å²) in [5.74, 6) is 0.308. The number of pyridine rings is 1. The van der Waals surface area contributed by atoms with Crippen LogP contribution in [0, 0.1) is 0 Å². The topological polar surface area (TPSA) is 123 Å². The molecule has 212 valence electrons. The quantitative estimate of drug-likeness (QED) is 0.410. The number of nitrogens with zero attached hydrogens (tertiary/aromatic N) is 5. The molecule has 0 bridgehead atoms.